The van der Waals surface area contributed by atoms with Crippen LogP contribution in [0, 0.1) is 0 Å². The fourth-order valence-electron chi connectivity index (χ4n) is 4.88. The summed E-state index contributed by atoms with van der Waals surface area (Å²) in [5.41, 5.74) is 7.59. The zero-order chi connectivity index (χ0) is 25.5. The lowest BCUT2D eigenvalue weighted by molar-refractivity contribution is 0.670. The SMILES string of the molecule is Clc1nc(-c2ccc(-c3ccccc3)cc2)nc(-c2cccc3c2oc2c(-c4ccccc4)cccc23)n1. The molecule has 2 heterocycles. The van der Waals surface area contributed by atoms with E-state index in [-0.39, 0.29) is 5.28 Å². The van der Waals surface area contributed by atoms with E-state index in [2.05, 4.69) is 70.6 Å². The molecule has 180 valence electrons. The standard InChI is InChI=1S/C33H20ClN3O/c34-33-36-31(24-19-17-22(18-20-24)21-9-3-1-4-10-21)35-32(37-33)28-16-8-15-27-26-14-7-13-25(29(26)38-30(27)28)23-11-5-2-6-12-23/h1-20H. The molecule has 0 aliphatic heterocycles. The molecule has 0 bridgehead atoms. The van der Waals surface area contributed by atoms with Gasteiger partial charge in [-0.3, -0.25) is 0 Å². The molecule has 0 spiro atoms. The van der Waals surface area contributed by atoms with E-state index in [1.165, 1.54) is 0 Å². The van der Waals surface area contributed by atoms with E-state index < -0.39 is 0 Å². The summed E-state index contributed by atoms with van der Waals surface area (Å²) in [6.45, 7) is 0. The van der Waals surface area contributed by atoms with Crippen LogP contribution in [0.25, 0.3) is 67.0 Å². The molecule has 0 radical (unpaired) electrons. The van der Waals surface area contributed by atoms with Crippen LogP contribution in [-0.2, 0) is 0 Å². The average molecular weight is 510 g/mol. The molecule has 7 rings (SSSR count). The number of benzene rings is 5. The lowest BCUT2D eigenvalue weighted by atomic mass is 10.0. The molecule has 0 fully saturated rings. The van der Waals surface area contributed by atoms with Gasteiger partial charge in [0, 0.05) is 21.9 Å². The van der Waals surface area contributed by atoms with Gasteiger partial charge in [0.2, 0.25) is 5.28 Å². The third-order valence-corrected chi connectivity index (χ3v) is 6.88. The molecule has 0 atom stereocenters. The van der Waals surface area contributed by atoms with Crippen LogP contribution < -0.4 is 0 Å². The summed E-state index contributed by atoms with van der Waals surface area (Å²) in [7, 11) is 0. The van der Waals surface area contributed by atoms with Crippen molar-refractivity contribution in [3.05, 3.63) is 127 Å². The van der Waals surface area contributed by atoms with Gasteiger partial charge in [-0.15, -0.1) is 0 Å². The third kappa shape index (κ3) is 3.92. The van der Waals surface area contributed by atoms with E-state index in [0.717, 1.165) is 55.3 Å². The minimum absolute atomic E-state index is 0.134. The number of aromatic nitrogens is 3. The van der Waals surface area contributed by atoms with Crippen LogP contribution in [0.4, 0.5) is 0 Å². The van der Waals surface area contributed by atoms with Crippen LogP contribution in [0.15, 0.2) is 126 Å². The molecule has 5 aromatic carbocycles. The predicted molar refractivity (Wildman–Crippen MR) is 154 cm³/mol. The van der Waals surface area contributed by atoms with Crippen molar-refractivity contribution in [1.82, 2.24) is 15.0 Å². The molecule has 38 heavy (non-hydrogen) atoms. The van der Waals surface area contributed by atoms with Gasteiger partial charge in [-0.1, -0.05) is 115 Å². The van der Waals surface area contributed by atoms with Crippen LogP contribution in [-0.4, -0.2) is 15.0 Å². The number of hydrogen-bond acceptors (Lipinski definition) is 4. The van der Waals surface area contributed by atoms with Crippen LogP contribution in [0.5, 0.6) is 0 Å². The van der Waals surface area contributed by atoms with Gasteiger partial charge in [0.1, 0.15) is 11.2 Å². The number of halogens is 1. The molecule has 0 unspecified atom stereocenters. The van der Waals surface area contributed by atoms with Crippen molar-refractivity contribution in [2.24, 2.45) is 0 Å². The molecule has 5 heteroatoms. The Balaban J connectivity index is 1.35. The molecular weight excluding hydrogens is 490 g/mol. The molecular formula is C33H20ClN3O. The van der Waals surface area contributed by atoms with Gasteiger partial charge in [0.05, 0.1) is 5.56 Å². The van der Waals surface area contributed by atoms with Crippen molar-refractivity contribution in [2.45, 2.75) is 0 Å². The minimum atomic E-state index is 0.134. The second kappa shape index (κ2) is 9.25. The zero-order valence-electron chi connectivity index (χ0n) is 20.2. The number of nitrogens with zero attached hydrogens (tertiary/aromatic N) is 3. The van der Waals surface area contributed by atoms with Gasteiger partial charge >= 0.3 is 0 Å². The second-order valence-electron chi connectivity index (χ2n) is 9.03. The number of fused-ring (bicyclic) bond motifs is 3. The molecule has 0 saturated carbocycles. The Bertz CT molecular complexity index is 1910. The summed E-state index contributed by atoms with van der Waals surface area (Å²) < 4.78 is 6.53. The topological polar surface area (TPSA) is 51.8 Å². The Labute approximate surface area is 224 Å². The van der Waals surface area contributed by atoms with Crippen molar-refractivity contribution in [2.75, 3.05) is 0 Å². The highest BCUT2D eigenvalue weighted by Gasteiger charge is 2.18. The van der Waals surface area contributed by atoms with Crippen LogP contribution in [0.2, 0.25) is 5.28 Å². The van der Waals surface area contributed by atoms with Crippen LogP contribution in [0.1, 0.15) is 0 Å². The monoisotopic (exact) mass is 509 g/mol. The van der Waals surface area contributed by atoms with Crippen LogP contribution >= 0.6 is 11.6 Å². The van der Waals surface area contributed by atoms with Crippen molar-refractivity contribution >= 4 is 33.5 Å². The Kier molecular flexibility index (Phi) is 5.46. The lowest BCUT2D eigenvalue weighted by Gasteiger charge is -2.07. The van der Waals surface area contributed by atoms with E-state index in [0.29, 0.717) is 11.6 Å². The molecule has 0 amide bonds. The molecule has 4 nitrogen and oxygen atoms in total. The van der Waals surface area contributed by atoms with E-state index >= 15 is 0 Å². The Morgan fingerprint density at radius 2 is 0.947 bits per heavy atom. The first-order valence-electron chi connectivity index (χ1n) is 12.3. The molecule has 0 aliphatic carbocycles. The van der Waals surface area contributed by atoms with Gasteiger partial charge in [-0.2, -0.15) is 9.97 Å². The summed E-state index contributed by atoms with van der Waals surface area (Å²) in [4.78, 5) is 13.7. The number of furan rings is 1. The lowest BCUT2D eigenvalue weighted by Crippen LogP contribution is -1.97. The van der Waals surface area contributed by atoms with Gasteiger partial charge in [-0.25, -0.2) is 4.98 Å². The Morgan fingerprint density at radius 3 is 1.63 bits per heavy atom. The van der Waals surface area contributed by atoms with Crippen molar-refractivity contribution in [3.8, 4) is 45.0 Å². The summed E-state index contributed by atoms with van der Waals surface area (Å²) in [5, 5.41) is 2.18. The summed E-state index contributed by atoms with van der Waals surface area (Å²) in [5.74, 6) is 0.982. The fraction of sp³-hybridized carbons (Fsp3) is 0. The molecule has 2 aromatic heterocycles. The fourth-order valence-corrected chi connectivity index (χ4v) is 5.04. The molecule has 0 N–H and O–H groups in total. The first-order valence-corrected chi connectivity index (χ1v) is 12.7. The van der Waals surface area contributed by atoms with Gasteiger partial charge in [-0.05, 0) is 34.4 Å². The highest BCUT2D eigenvalue weighted by Crippen LogP contribution is 2.39. The van der Waals surface area contributed by atoms with E-state index in [4.69, 9.17) is 21.0 Å². The van der Waals surface area contributed by atoms with Gasteiger partial charge in [0.15, 0.2) is 11.6 Å². The van der Waals surface area contributed by atoms with Gasteiger partial charge in [0.25, 0.3) is 0 Å². The number of para-hydroxylation sites is 2. The zero-order valence-corrected chi connectivity index (χ0v) is 20.9. The van der Waals surface area contributed by atoms with E-state index in [9.17, 15) is 0 Å². The second-order valence-corrected chi connectivity index (χ2v) is 9.37. The number of hydrogen-bond donors (Lipinski definition) is 0. The highest BCUT2D eigenvalue weighted by molar-refractivity contribution is 6.28. The van der Waals surface area contributed by atoms with E-state index in [1.807, 2.05) is 60.7 Å². The molecule has 0 aliphatic rings. The average Bonchev–Trinajstić information content (AvgIpc) is 3.37. The number of rotatable bonds is 4. The largest absolute Gasteiger partial charge is 0.455 e. The first-order chi connectivity index (χ1) is 18.7. The highest BCUT2D eigenvalue weighted by atomic mass is 35.5. The van der Waals surface area contributed by atoms with Gasteiger partial charge < -0.3 is 4.42 Å². The normalized spacial score (nSPS) is 11.3. The van der Waals surface area contributed by atoms with Crippen molar-refractivity contribution < 1.29 is 4.42 Å². The molecule has 0 saturated heterocycles. The first kappa shape index (κ1) is 22.4. The van der Waals surface area contributed by atoms with Crippen molar-refractivity contribution in [1.29, 1.82) is 0 Å². The Morgan fingerprint density at radius 1 is 0.421 bits per heavy atom. The van der Waals surface area contributed by atoms with E-state index in [1.54, 1.807) is 0 Å². The maximum atomic E-state index is 6.53. The summed E-state index contributed by atoms with van der Waals surface area (Å²) in [6.07, 6.45) is 0. The maximum absolute atomic E-state index is 6.53. The third-order valence-electron chi connectivity index (χ3n) is 6.71. The summed E-state index contributed by atoms with van der Waals surface area (Å²) >= 11 is 6.42. The summed E-state index contributed by atoms with van der Waals surface area (Å²) in [6, 6.07) is 40.9. The quantitative estimate of drug-likeness (QED) is 0.237. The molecule has 7 aromatic rings. The maximum Gasteiger partial charge on any atom is 0.226 e. The van der Waals surface area contributed by atoms with Crippen molar-refractivity contribution in [3.63, 3.8) is 0 Å². The van der Waals surface area contributed by atoms with Crippen LogP contribution in [0.3, 0.4) is 0 Å². The Hall–Kier alpha value is -4.80. The minimum Gasteiger partial charge on any atom is -0.455 e. The predicted octanol–water partition coefficient (Wildman–Crippen LogP) is 9.09. The smallest absolute Gasteiger partial charge is 0.226 e.